The molecule has 5 nitrogen and oxygen atoms in total. The molecule has 1 aliphatic rings. The number of aliphatic carboxylic acids is 1. The minimum absolute atomic E-state index is 0.0983. The molecule has 116 valence electrons. The Bertz CT molecular complexity index is 479. The Hall–Kier alpha value is -1.56. The molecule has 1 fully saturated rings. The lowest BCUT2D eigenvalue weighted by Gasteiger charge is -2.38. The molecule has 0 radical (unpaired) electrons. The second-order valence-corrected chi connectivity index (χ2v) is 6.59. The van der Waals surface area contributed by atoms with Crippen molar-refractivity contribution in [2.75, 3.05) is 13.1 Å². The first kappa shape index (κ1) is 15.8. The van der Waals surface area contributed by atoms with Gasteiger partial charge in [-0.25, -0.2) is 4.79 Å². The third kappa shape index (κ3) is 3.75. The van der Waals surface area contributed by atoms with Crippen LogP contribution in [0, 0.1) is 5.41 Å². The van der Waals surface area contributed by atoms with Gasteiger partial charge in [0.15, 0.2) is 0 Å². The van der Waals surface area contributed by atoms with Gasteiger partial charge >= 0.3 is 12.0 Å². The summed E-state index contributed by atoms with van der Waals surface area (Å²) in [7, 11) is 0. The fourth-order valence-corrected chi connectivity index (χ4v) is 3.52. The van der Waals surface area contributed by atoms with Crippen LogP contribution in [-0.2, 0) is 11.3 Å². The normalized spacial score (nSPS) is 17.5. The number of thiophene rings is 1. The molecule has 6 heteroatoms. The van der Waals surface area contributed by atoms with E-state index >= 15 is 0 Å². The Labute approximate surface area is 129 Å². The Morgan fingerprint density at radius 3 is 2.67 bits per heavy atom. The van der Waals surface area contributed by atoms with Gasteiger partial charge in [0.1, 0.15) is 0 Å². The predicted molar refractivity (Wildman–Crippen MR) is 82.3 cm³/mol. The summed E-state index contributed by atoms with van der Waals surface area (Å²) in [4.78, 5) is 26.5. The zero-order chi connectivity index (χ0) is 15.3. The number of likely N-dealkylation sites (tertiary alicyclic amines) is 1. The number of nitrogens with one attached hydrogen (secondary N) is 1. The first-order valence-corrected chi connectivity index (χ1v) is 8.24. The van der Waals surface area contributed by atoms with Gasteiger partial charge in [0.2, 0.25) is 0 Å². The molecule has 2 N–H and O–H groups in total. The highest BCUT2D eigenvalue weighted by molar-refractivity contribution is 7.09. The molecule has 1 aliphatic heterocycles. The van der Waals surface area contributed by atoms with E-state index in [0.29, 0.717) is 38.9 Å². The molecule has 1 aromatic rings. The fraction of sp³-hybridized carbons (Fsp3) is 0.600. The van der Waals surface area contributed by atoms with E-state index in [1.165, 1.54) is 0 Å². The van der Waals surface area contributed by atoms with Crippen LogP contribution in [0.4, 0.5) is 4.79 Å². The van der Waals surface area contributed by atoms with E-state index < -0.39 is 11.4 Å². The maximum absolute atomic E-state index is 12.1. The van der Waals surface area contributed by atoms with Gasteiger partial charge in [0.25, 0.3) is 0 Å². The number of amides is 2. The van der Waals surface area contributed by atoms with Crippen LogP contribution in [0.25, 0.3) is 0 Å². The van der Waals surface area contributed by atoms with E-state index in [2.05, 4.69) is 5.32 Å². The molecule has 2 rings (SSSR count). The van der Waals surface area contributed by atoms with Crippen LogP contribution < -0.4 is 5.32 Å². The minimum atomic E-state index is -0.719. The van der Waals surface area contributed by atoms with Crippen LogP contribution in [-0.4, -0.2) is 35.1 Å². The van der Waals surface area contributed by atoms with Crippen molar-refractivity contribution in [2.24, 2.45) is 5.41 Å². The molecule has 0 unspecified atom stereocenters. The number of carboxylic acid groups (broad SMARTS) is 1. The molecule has 0 bridgehead atoms. The lowest BCUT2D eigenvalue weighted by molar-refractivity contribution is -0.152. The van der Waals surface area contributed by atoms with Gasteiger partial charge in [-0.05, 0) is 30.7 Å². The Morgan fingerprint density at radius 2 is 2.14 bits per heavy atom. The average molecular weight is 310 g/mol. The topological polar surface area (TPSA) is 69.6 Å². The number of urea groups is 1. The van der Waals surface area contributed by atoms with Crippen molar-refractivity contribution in [3.63, 3.8) is 0 Å². The van der Waals surface area contributed by atoms with Crippen molar-refractivity contribution >= 4 is 23.3 Å². The van der Waals surface area contributed by atoms with Crippen molar-refractivity contribution < 1.29 is 14.7 Å². The van der Waals surface area contributed by atoms with Crippen molar-refractivity contribution in [3.05, 3.63) is 22.4 Å². The first-order chi connectivity index (χ1) is 10.1. The van der Waals surface area contributed by atoms with Crippen LogP contribution in [0.3, 0.4) is 0 Å². The van der Waals surface area contributed by atoms with E-state index in [1.807, 2.05) is 24.4 Å². The molecule has 2 heterocycles. The molecule has 0 aromatic carbocycles. The van der Waals surface area contributed by atoms with Gasteiger partial charge in [0.05, 0.1) is 12.0 Å². The Kier molecular flexibility index (Phi) is 5.22. The number of rotatable bonds is 5. The number of nitrogens with zero attached hydrogens (tertiary/aromatic N) is 1. The monoisotopic (exact) mass is 310 g/mol. The zero-order valence-corrected chi connectivity index (χ0v) is 13.1. The molecule has 0 spiro atoms. The maximum Gasteiger partial charge on any atom is 0.317 e. The van der Waals surface area contributed by atoms with Gasteiger partial charge in [-0.3, -0.25) is 4.79 Å². The molecule has 0 aliphatic carbocycles. The van der Waals surface area contributed by atoms with Crippen molar-refractivity contribution in [1.82, 2.24) is 10.2 Å². The smallest absolute Gasteiger partial charge is 0.317 e. The SMILES string of the molecule is CCCC1(C(=O)O)CCN(C(=O)NCc2cccs2)CC1. The highest BCUT2D eigenvalue weighted by Gasteiger charge is 2.41. The minimum Gasteiger partial charge on any atom is -0.481 e. The van der Waals surface area contributed by atoms with Crippen molar-refractivity contribution in [2.45, 2.75) is 39.2 Å². The number of piperidine rings is 1. The summed E-state index contributed by atoms with van der Waals surface area (Å²) in [6.45, 7) is 3.57. The van der Waals surface area contributed by atoms with E-state index in [9.17, 15) is 14.7 Å². The molecule has 21 heavy (non-hydrogen) atoms. The lowest BCUT2D eigenvalue weighted by Crippen LogP contribution is -2.49. The van der Waals surface area contributed by atoms with E-state index in [4.69, 9.17) is 0 Å². The van der Waals surface area contributed by atoms with E-state index in [0.717, 1.165) is 11.3 Å². The summed E-state index contributed by atoms with van der Waals surface area (Å²) < 4.78 is 0. The third-order valence-corrected chi connectivity index (χ3v) is 5.06. The van der Waals surface area contributed by atoms with Gasteiger partial charge in [-0.1, -0.05) is 19.4 Å². The van der Waals surface area contributed by atoms with Crippen LogP contribution in [0.15, 0.2) is 17.5 Å². The molecule has 0 atom stereocenters. The van der Waals surface area contributed by atoms with Gasteiger partial charge in [0, 0.05) is 18.0 Å². The summed E-state index contributed by atoms with van der Waals surface area (Å²) >= 11 is 1.61. The highest BCUT2D eigenvalue weighted by Crippen LogP contribution is 2.36. The quantitative estimate of drug-likeness (QED) is 0.878. The number of carbonyl (C=O) groups excluding carboxylic acids is 1. The number of carboxylic acids is 1. The fourth-order valence-electron chi connectivity index (χ4n) is 2.87. The summed E-state index contributed by atoms with van der Waals surface area (Å²) in [6, 6.07) is 3.84. The molecular formula is C15H22N2O3S. The van der Waals surface area contributed by atoms with Crippen LogP contribution in [0.2, 0.25) is 0 Å². The Balaban J connectivity index is 1.85. The lowest BCUT2D eigenvalue weighted by atomic mass is 9.75. The van der Waals surface area contributed by atoms with Crippen molar-refractivity contribution in [1.29, 1.82) is 0 Å². The van der Waals surface area contributed by atoms with Crippen LogP contribution >= 0.6 is 11.3 Å². The summed E-state index contributed by atoms with van der Waals surface area (Å²) in [5.41, 5.74) is -0.640. The van der Waals surface area contributed by atoms with E-state index in [1.54, 1.807) is 16.2 Å². The number of carbonyl (C=O) groups is 2. The molecule has 1 aromatic heterocycles. The van der Waals surface area contributed by atoms with E-state index in [-0.39, 0.29) is 6.03 Å². The van der Waals surface area contributed by atoms with Crippen LogP contribution in [0.1, 0.15) is 37.5 Å². The summed E-state index contributed by atoms with van der Waals surface area (Å²) in [6.07, 6.45) is 2.63. The summed E-state index contributed by atoms with van der Waals surface area (Å²) in [5, 5.41) is 14.3. The molecule has 2 amide bonds. The molecule has 1 saturated heterocycles. The van der Waals surface area contributed by atoms with Gasteiger partial charge < -0.3 is 15.3 Å². The second-order valence-electron chi connectivity index (χ2n) is 5.56. The predicted octanol–water partition coefficient (Wildman–Crippen LogP) is 2.92. The molecule has 0 saturated carbocycles. The Morgan fingerprint density at radius 1 is 1.43 bits per heavy atom. The number of hydrogen-bond donors (Lipinski definition) is 2. The van der Waals surface area contributed by atoms with Crippen LogP contribution in [0.5, 0.6) is 0 Å². The van der Waals surface area contributed by atoms with Gasteiger partial charge in [-0.2, -0.15) is 0 Å². The maximum atomic E-state index is 12.1. The highest BCUT2D eigenvalue weighted by atomic mass is 32.1. The molecular weight excluding hydrogens is 288 g/mol. The average Bonchev–Trinajstić information content (AvgIpc) is 2.99. The zero-order valence-electron chi connectivity index (χ0n) is 12.3. The largest absolute Gasteiger partial charge is 0.481 e. The standard InChI is InChI=1S/C15H22N2O3S/c1-2-5-15(13(18)19)6-8-17(9-7-15)14(20)16-11-12-4-3-10-21-12/h3-4,10H,2,5-9,11H2,1H3,(H,16,20)(H,18,19). The third-order valence-electron chi connectivity index (χ3n) is 4.18. The van der Waals surface area contributed by atoms with Gasteiger partial charge in [-0.15, -0.1) is 11.3 Å². The first-order valence-electron chi connectivity index (χ1n) is 7.36. The number of hydrogen-bond acceptors (Lipinski definition) is 3. The van der Waals surface area contributed by atoms with Crippen molar-refractivity contribution in [3.8, 4) is 0 Å². The second kappa shape index (κ2) is 6.93. The summed E-state index contributed by atoms with van der Waals surface area (Å²) in [5.74, 6) is -0.719.